The first-order chi connectivity index (χ1) is 34.0. The molecule has 0 saturated carbocycles. The predicted octanol–water partition coefficient (Wildman–Crippen LogP) is 16.9. The molecule has 2 nitrogen and oxygen atoms in total. The monoisotopic (exact) mass is 938 g/mol. The standard InChI is InChI=1S/C67H63BN2S/c1-63(2,3)45-33-34-55(48(37-45)42-23-14-11-15-24-42)69-57-39-46(64(4,5)6)38-49-47-29-22-31-52-60(47)70(56-32-21-20-30-51(56)67(52,43-25-16-12-17-26-43)44-27-18-13-19-28-44)68(59(49)57)62-61(69)50-40-53-54(41-58(50)71-62)66(9,10)36-35-65(53,7)8/h11-34,37-41H,35-36H2,1-10H3. The SMILES string of the molecule is CC(C)(C)c1ccc(N2c3cc(C(C)(C)C)cc4c3B(c3sc5cc6c(cc5c32)C(C)(C)CCC6(C)C)N2c3ccccc3C(c3ccccc3)(c3ccccc3)c3cccc-4c32)c(-c2ccccc2)c1. The van der Waals surface area contributed by atoms with E-state index in [2.05, 4.69) is 255 Å². The minimum absolute atomic E-state index is 0.0319. The summed E-state index contributed by atoms with van der Waals surface area (Å²) in [5.41, 5.74) is 23.2. The van der Waals surface area contributed by atoms with Gasteiger partial charge in [-0.15, -0.1) is 11.3 Å². The molecule has 350 valence electrons. The Kier molecular flexibility index (Phi) is 9.49. The normalized spacial score (nSPS) is 16.7. The van der Waals surface area contributed by atoms with Crippen molar-refractivity contribution in [2.24, 2.45) is 0 Å². The fourth-order valence-electron chi connectivity index (χ4n) is 13.2. The Bertz CT molecular complexity index is 3590. The van der Waals surface area contributed by atoms with Gasteiger partial charge in [-0.3, -0.25) is 0 Å². The Balaban J connectivity index is 1.22. The van der Waals surface area contributed by atoms with Crippen molar-refractivity contribution in [3.05, 3.63) is 220 Å². The summed E-state index contributed by atoms with van der Waals surface area (Å²) in [5.74, 6) is 0. The van der Waals surface area contributed by atoms with E-state index in [4.69, 9.17) is 0 Å². The highest BCUT2D eigenvalue weighted by Gasteiger charge is 2.55. The summed E-state index contributed by atoms with van der Waals surface area (Å²) in [6.45, 7) is 24.0. The van der Waals surface area contributed by atoms with Crippen molar-refractivity contribution in [2.45, 2.75) is 109 Å². The fraction of sp³-hybridized carbons (Fsp3) is 0.254. The molecule has 3 aliphatic heterocycles. The van der Waals surface area contributed by atoms with Gasteiger partial charge in [0.25, 0.3) is 0 Å². The average molecular weight is 939 g/mol. The number of para-hydroxylation sites is 2. The molecule has 1 aliphatic carbocycles. The molecule has 4 heteroatoms. The van der Waals surface area contributed by atoms with Gasteiger partial charge in [-0.05, 0) is 132 Å². The van der Waals surface area contributed by atoms with Gasteiger partial charge in [0.05, 0.1) is 16.8 Å². The van der Waals surface area contributed by atoms with Gasteiger partial charge in [0, 0.05) is 43.1 Å². The number of nitrogens with zero attached hydrogens (tertiary/aromatic N) is 2. The van der Waals surface area contributed by atoms with E-state index >= 15 is 0 Å². The first-order valence-corrected chi connectivity index (χ1v) is 26.7. The van der Waals surface area contributed by atoms with Crippen molar-refractivity contribution in [3.63, 3.8) is 0 Å². The van der Waals surface area contributed by atoms with Crippen LogP contribution in [0.3, 0.4) is 0 Å². The van der Waals surface area contributed by atoms with Crippen LogP contribution < -0.4 is 20.0 Å². The molecule has 0 saturated heterocycles. The molecule has 0 bridgehead atoms. The summed E-state index contributed by atoms with van der Waals surface area (Å²) in [4.78, 5) is 5.54. The van der Waals surface area contributed by atoms with E-state index in [0.29, 0.717) is 0 Å². The quantitative estimate of drug-likeness (QED) is 0.162. The summed E-state index contributed by atoms with van der Waals surface area (Å²) in [6, 6.07) is 68.2. The number of fused-ring (bicyclic) bond motifs is 9. The largest absolute Gasteiger partial charge is 0.375 e. The lowest BCUT2D eigenvalue weighted by atomic mass is 9.44. The van der Waals surface area contributed by atoms with Crippen molar-refractivity contribution in [1.29, 1.82) is 0 Å². The molecule has 0 spiro atoms. The number of benzene rings is 8. The third kappa shape index (κ3) is 6.32. The molecule has 9 aromatic rings. The molecule has 13 rings (SSSR count). The third-order valence-electron chi connectivity index (χ3n) is 17.1. The second-order valence-corrected chi connectivity index (χ2v) is 25.4. The van der Waals surface area contributed by atoms with Gasteiger partial charge in [-0.2, -0.15) is 0 Å². The second-order valence-electron chi connectivity index (χ2n) is 24.3. The van der Waals surface area contributed by atoms with Crippen LogP contribution in [0, 0.1) is 0 Å². The van der Waals surface area contributed by atoms with E-state index < -0.39 is 5.41 Å². The summed E-state index contributed by atoms with van der Waals surface area (Å²) < 4.78 is 2.77. The summed E-state index contributed by atoms with van der Waals surface area (Å²) in [7, 11) is 0. The van der Waals surface area contributed by atoms with Gasteiger partial charge < -0.3 is 9.71 Å². The maximum atomic E-state index is 2.80. The highest BCUT2D eigenvalue weighted by atomic mass is 32.1. The van der Waals surface area contributed by atoms with Crippen molar-refractivity contribution < 1.29 is 0 Å². The Morgan fingerprint density at radius 3 is 1.69 bits per heavy atom. The van der Waals surface area contributed by atoms with Gasteiger partial charge in [-0.1, -0.05) is 209 Å². The summed E-state index contributed by atoms with van der Waals surface area (Å²) in [6.07, 6.45) is 2.34. The minimum Gasteiger partial charge on any atom is -0.375 e. The molecule has 0 amide bonds. The number of rotatable bonds is 4. The van der Waals surface area contributed by atoms with Crippen LogP contribution >= 0.6 is 11.3 Å². The third-order valence-corrected chi connectivity index (χ3v) is 18.3. The maximum Gasteiger partial charge on any atom is 0.343 e. The molecule has 0 radical (unpaired) electrons. The molecule has 4 heterocycles. The van der Waals surface area contributed by atoms with Crippen LogP contribution in [-0.2, 0) is 27.1 Å². The van der Waals surface area contributed by atoms with Crippen LogP contribution in [0.4, 0.5) is 28.4 Å². The molecule has 0 atom stereocenters. The van der Waals surface area contributed by atoms with Crippen molar-refractivity contribution in [2.75, 3.05) is 9.71 Å². The highest BCUT2D eigenvalue weighted by Crippen LogP contribution is 2.62. The smallest absolute Gasteiger partial charge is 0.343 e. The van der Waals surface area contributed by atoms with E-state index in [1.165, 1.54) is 128 Å². The van der Waals surface area contributed by atoms with Gasteiger partial charge in [-0.25, -0.2) is 0 Å². The minimum atomic E-state index is -0.567. The molecule has 0 fully saturated rings. The molecule has 8 aromatic carbocycles. The molecular formula is C67H63BN2S. The van der Waals surface area contributed by atoms with Crippen molar-refractivity contribution >= 4 is 66.9 Å². The summed E-state index contributed by atoms with van der Waals surface area (Å²) >= 11 is 2.04. The highest BCUT2D eigenvalue weighted by molar-refractivity contribution is 7.32. The van der Waals surface area contributed by atoms with Gasteiger partial charge >= 0.3 is 6.85 Å². The van der Waals surface area contributed by atoms with Crippen LogP contribution in [0.15, 0.2) is 176 Å². The number of hydrogen-bond donors (Lipinski definition) is 0. The number of anilines is 5. The van der Waals surface area contributed by atoms with Crippen LogP contribution in [0.1, 0.15) is 127 Å². The molecule has 1 aromatic heterocycles. The fourth-order valence-corrected chi connectivity index (χ4v) is 14.5. The number of thiophene rings is 1. The zero-order chi connectivity index (χ0) is 49.0. The van der Waals surface area contributed by atoms with E-state index in [1.807, 2.05) is 11.3 Å². The van der Waals surface area contributed by atoms with Crippen LogP contribution in [0.2, 0.25) is 0 Å². The van der Waals surface area contributed by atoms with Crippen LogP contribution in [0.5, 0.6) is 0 Å². The first kappa shape index (κ1) is 44.3. The predicted molar refractivity (Wildman–Crippen MR) is 306 cm³/mol. The van der Waals surface area contributed by atoms with E-state index in [-0.39, 0.29) is 28.5 Å². The van der Waals surface area contributed by atoms with Gasteiger partial charge in [0.2, 0.25) is 0 Å². The lowest BCUT2D eigenvalue weighted by Crippen LogP contribution is -2.62. The van der Waals surface area contributed by atoms with Gasteiger partial charge in [0.15, 0.2) is 0 Å². The van der Waals surface area contributed by atoms with E-state index in [0.717, 1.165) is 0 Å². The second kappa shape index (κ2) is 15.2. The molecule has 0 N–H and O–H groups in total. The lowest BCUT2D eigenvalue weighted by molar-refractivity contribution is 0.332. The summed E-state index contributed by atoms with van der Waals surface area (Å²) in [5, 5.41) is 1.36. The van der Waals surface area contributed by atoms with Crippen LogP contribution in [-0.4, -0.2) is 6.85 Å². The zero-order valence-corrected chi connectivity index (χ0v) is 43.9. The Labute approximate surface area is 426 Å². The number of hydrogen-bond acceptors (Lipinski definition) is 3. The zero-order valence-electron chi connectivity index (χ0n) is 43.0. The molecule has 71 heavy (non-hydrogen) atoms. The van der Waals surface area contributed by atoms with Crippen molar-refractivity contribution in [1.82, 2.24) is 0 Å². The first-order valence-electron chi connectivity index (χ1n) is 25.9. The molecule has 0 unspecified atom stereocenters. The topological polar surface area (TPSA) is 6.48 Å². The van der Waals surface area contributed by atoms with Crippen LogP contribution in [0.25, 0.3) is 32.3 Å². The lowest BCUT2D eigenvalue weighted by Gasteiger charge is -2.52. The maximum absolute atomic E-state index is 2.80. The Hall–Kier alpha value is -6.62. The average Bonchev–Trinajstić information content (AvgIpc) is 3.74. The molecular weight excluding hydrogens is 876 g/mol. The van der Waals surface area contributed by atoms with Gasteiger partial charge in [0.1, 0.15) is 0 Å². The molecule has 4 aliphatic rings. The van der Waals surface area contributed by atoms with E-state index in [9.17, 15) is 0 Å². The Morgan fingerprint density at radius 2 is 1.04 bits per heavy atom. The Morgan fingerprint density at radius 1 is 0.465 bits per heavy atom. The van der Waals surface area contributed by atoms with E-state index in [1.54, 1.807) is 0 Å². The van der Waals surface area contributed by atoms with Crippen molar-refractivity contribution in [3.8, 4) is 22.3 Å².